The summed E-state index contributed by atoms with van der Waals surface area (Å²) < 4.78 is 4.03. The maximum absolute atomic E-state index is 12.7. The third-order valence-electron chi connectivity index (χ3n) is 5.29. The number of imidazole rings is 1. The second-order valence-electron chi connectivity index (χ2n) is 7.00. The molecule has 3 aromatic rings. The molecule has 4 rings (SSSR count). The fourth-order valence-corrected chi connectivity index (χ4v) is 3.58. The number of fused-ring (bicyclic) bond motifs is 1. The van der Waals surface area contributed by atoms with Crippen LogP contribution in [0.5, 0.6) is 0 Å². The van der Waals surface area contributed by atoms with Crippen LogP contribution in [0.1, 0.15) is 6.42 Å². The number of carbonyl (C=O) groups excluding carboxylic acids is 1. The summed E-state index contributed by atoms with van der Waals surface area (Å²) in [4.78, 5) is 53.6. The van der Waals surface area contributed by atoms with Crippen molar-refractivity contribution in [1.82, 2.24) is 33.6 Å². The summed E-state index contributed by atoms with van der Waals surface area (Å²) in [6.07, 6.45) is 6.76. The number of anilines is 1. The van der Waals surface area contributed by atoms with Crippen molar-refractivity contribution in [3.63, 3.8) is 0 Å². The summed E-state index contributed by atoms with van der Waals surface area (Å²) >= 11 is 0. The van der Waals surface area contributed by atoms with E-state index in [1.54, 1.807) is 30.2 Å². The number of rotatable bonds is 4. The number of piperazine rings is 1. The number of hydrogen-bond acceptors (Lipinski definition) is 7. The van der Waals surface area contributed by atoms with E-state index in [0.717, 1.165) is 10.4 Å². The Morgan fingerprint density at radius 1 is 1.03 bits per heavy atom. The highest BCUT2D eigenvalue weighted by molar-refractivity contribution is 5.77. The van der Waals surface area contributed by atoms with Gasteiger partial charge in [0.2, 0.25) is 5.91 Å². The summed E-state index contributed by atoms with van der Waals surface area (Å²) in [7, 11) is 3.01. The van der Waals surface area contributed by atoms with Crippen LogP contribution in [-0.2, 0) is 25.4 Å². The largest absolute Gasteiger partial charge is 0.352 e. The van der Waals surface area contributed by atoms with Gasteiger partial charge in [0.15, 0.2) is 11.2 Å². The van der Waals surface area contributed by atoms with Crippen molar-refractivity contribution in [3.05, 3.63) is 45.8 Å². The van der Waals surface area contributed by atoms with Gasteiger partial charge >= 0.3 is 5.69 Å². The Balaban J connectivity index is 1.42. The second-order valence-corrected chi connectivity index (χ2v) is 7.00. The van der Waals surface area contributed by atoms with E-state index in [9.17, 15) is 14.4 Å². The first-order valence-electron chi connectivity index (χ1n) is 9.37. The van der Waals surface area contributed by atoms with Crippen molar-refractivity contribution in [3.8, 4) is 0 Å². The van der Waals surface area contributed by atoms with Crippen LogP contribution in [-0.4, -0.2) is 65.6 Å². The normalized spacial score (nSPS) is 14.6. The predicted octanol–water partition coefficient (Wildman–Crippen LogP) is -1.04. The standard InChI is InChI=1S/C18H22N8O3/c1-22-16-15(17(28)23(2)18(22)29)26(12-21-16)6-3-14(27)25-9-7-24(8-10-25)13-11-19-4-5-20-13/h4-5,11-12H,3,6-10H2,1-2H3. The Morgan fingerprint density at radius 2 is 1.79 bits per heavy atom. The van der Waals surface area contributed by atoms with Crippen LogP contribution in [0.2, 0.25) is 0 Å². The Bertz CT molecular complexity index is 1160. The number of hydrogen-bond donors (Lipinski definition) is 0. The van der Waals surface area contributed by atoms with E-state index < -0.39 is 11.2 Å². The number of amides is 1. The molecule has 0 saturated carbocycles. The first kappa shape index (κ1) is 18.8. The topological polar surface area (TPSA) is 111 Å². The average Bonchev–Trinajstić information content (AvgIpc) is 3.19. The lowest BCUT2D eigenvalue weighted by atomic mass is 10.2. The SMILES string of the molecule is Cn1c(=O)c2c(ncn2CCC(=O)N2CCN(c3cnccn3)CC2)n(C)c1=O. The van der Waals surface area contributed by atoms with Crippen LogP contribution in [0, 0.1) is 0 Å². The van der Waals surface area contributed by atoms with E-state index in [4.69, 9.17) is 0 Å². The third-order valence-corrected chi connectivity index (χ3v) is 5.29. The zero-order chi connectivity index (χ0) is 20.5. The molecule has 0 aromatic carbocycles. The quantitative estimate of drug-likeness (QED) is 0.552. The molecule has 0 spiro atoms. The Morgan fingerprint density at radius 3 is 2.48 bits per heavy atom. The molecule has 29 heavy (non-hydrogen) atoms. The van der Waals surface area contributed by atoms with Gasteiger partial charge in [0.05, 0.1) is 12.5 Å². The molecule has 0 atom stereocenters. The van der Waals surface area contributed by atoms with E-state index in [1.165, 1.54) is 17.9 Å². The van der Waals surface area contributed by atoms with Crippen LogP contribution in [0.15, 0.2) is 34.5 Å². The lowest BCUT2D eigenvalue weighted by Gasteiger charge is -2.35. The summed E-state index contributed by atoms with van der Waals surface area (Å²) in [5.41, 5.74) is -0.187. The molecule has 11 nitrogen and oxygen atoms in total. The van der Waals surface area contributed by atoms with E-state index in [-0.39, 0.29) is 12.3 Å². The van der Waals surface area contributed by atoms with Crippen LogP contribution >= 0.6 is 0 Å². The first-order chi connectivity index (χ1) is 14.0. The Labute approximate surface area is 165 Å². The van der Waals surface area contributed by atoms with E-state index in [1.807, 2.05) is 4.90 Å². The molecule has 1 aliphatic heterocycles. The monoisotopic (exact) mass is 398 g/mol. The minimum Gasteiger partial charge on any atom is -0.352 e. The third kappa shape index (κ3) is 3.39. The Hall–Kier alpha value is -3.50. The highest BCUT2D eigenvalue weighted by Crippen LogP contribution is 2.13. The molecular formula is C18H22N8O3. The van der Waals surface area contributed by atoms with Crippen molar-refractivity contribution in [1.29, 1.82) is 0 Å². The van der Waals surface area contributed by atoms with Crippen molar-refractivity contribution in [2.75, 3.05) is 31.1 Å². The lowest BCUT2D eigenvalue weighted by Crippen LogP contribution is -2.49. The molecule has 0 unspecified atom stereocenters. The number of aromatic nitrogens is 6. The minimum atomic E-state index is -0.426. The fourth-order valence-electron chi connectivity index (χ4n) is 3.58. The second kappa shape index (κ2) is 7.49. The Kier molecular flexibility index (Phi) is 4.87. The van der Waals surface area contributed by atoms with Gasteiger partial charge in [-0.1, -0.05) is 0 Å². The van der Waals surface area contributed by atoms with Crippen molar-refractivity contribution in [2.45, 2.75) is 13.0 Å². The minimum absolute atomic E-state index is 0.0206. The maximum atomic E-state index is 12.7. The van der Waals surface area contributed by atoms with Gasteiger partial charge in [0.1, 0.15) is 5.82 Å². The van der Waals surface area contributed by atoms with Gasteiger partial charge in [-0.25, -0.2) is 14.8 Å². The zero-order valence-electron chi connectivity index (χ0n) is 16.4. The molecule has 11 heteroatoms. The predicted molar refractivity (Wildman–Crippen MR) is 106 cm³/mol. The van der Waals surface area contributed by atoms with Crippen LogP contribution in [0.4, 0.5) is 5.82 Å². The molecule has 0 bridgehead atoms. The van der Waals surface area contributed by atoms with Gasteiger partial charge in [-0.05, 0) is 0 Å². The van der Waals surface area contributed by atoms with Gasteiger partial charge in [-0.15, -0.1) is 0 Å². The fraction of sp³-hybridized carbons (Fsp3) is 0.444. The van der Waals surface area contributed by atoms with Gasteiger partial charge in [-0.3, -0.25) is 23.7 Å². The molecule has 152 valence electrons. The van der Waals surface area contributed by atoms with Gasteiger partial charge in [0.25, 0.3) is 5.56 Å². The van der Waals surface area contributed by atoms with E-state index in [0.29, 0.717) is 43.9 Å². The molecule has 1 amide bonds. The summed E-state index contributed by atoms with van der Waals surface area (Å²) in [5.74, 6) is 0.832. The number of nitrogens with zero attached hydrogens (tertiary/aromatic N) is 8. The van der Waals surface area contributed by atoms with Crippen LogP contribution in [0.25, 0.3) is 11.2 Å². The molecule has 0 N–H and O–H groups in total. The van der Waals surface area contributed by atoms with E-state index in [2.05, 4.69) is 19.9 Å². The highest BCUT2D eigenvalue weighted by atomic mass is 16.2. The summed E-state index contributed by atoms with van der Waals surface area (Å²) in [6.45, 7) is 2.93. The number of carbonyl (C=O) groups is 1. The van der Waals surface area contributed by atoms with Crippen molar-refractivity contribution in [2.24, 2.45) is 14.1 Å². The molecule has 0 aliphatic carbocycles. The maximum Gasteiger partial charge on any atom is 0.332 e. The van der Waals surface area contributed by atoms with Crippen LogP contribution < -0.4 is 16.1 Å². The zero-order valence-corrected chi connectivity index (χ0v) is 16.4. The molecule has 1 saturated heterocycles. The average molecular weight is 398 g/mol. The van der Waals surface area contributed by atoms with Gasteiger partial charge in [0, 0.05) is 65.6 Å². The van der Waals surface area contributed by atoms with Crippen LogP contribution in [0.3, 0.4) is 0 Å². The highest BCUT2D eigenvalue weighted by Gasteiger charge is 2.22. The molecule has 1 aliphatic rings. The van der Waals surface area contributed by atoms with E-state index >= 15 is 0 Å². The molecule has 4 heterocycles. The van der Waals surface area contributed by atoms with Gasteiger partial charge < -0.3 is 14.4 Å². The molecular weight excluding hydrogens is 376 g/mol. The smallest absolute Gasteiger partial charge is 0.332 e. The molecule has 3 aromatic heterocycles. The van der Waals surface area contributed by atoms with Crippen molar-refractivity contribution >= 4 is 22.9 Å². The summed E-state index contributed by atoms with van der Waals surface area (Å²) in [6, 6.07) is 0. The molecule has 1 fully saturated rings. The van der Waals surface area contributed by atoms with Crippen molar-refractivity contribution < 1.29 is 4.79 Å². The summed E-state index contributed by atoms with van der Waals surface area (Å²) in [5, 5.41) is 0. The van der Waals surface area contributed by atoms with Gasteiger partial charge in [-0.2, -0.15) is 0 Å². The number of aryl methyl sites for hydroxylation is 2. The first-order valence-corrected chi connectivity index (χ1v) is 9.37. The molecule has 0 radical (unpaired) electrons. The lowest BCUT2D eigenvalue weighted by molar-refractivity contribution is -0.131.